The van der Waals surface area contributed by atoms with Crippen molar-refractivity contribution in [3.05, 3.63) is 28.8 Å². The standard InChI is InChI=1S/C10H12ClNO2/c1-7-2-3-9(8(11)6-7)14-5-4-10(12)13/h2-3,6H,4-5H2,1H3,(H2,12,13). The maximum Gasteiger partial charge on any atom is 0.220 e. The van der Waals surface area contributed by atoms with Crippen LogP contribution in [0, 0.1) is 6.92 Å². The van der Waals surface area contributed by atoms with E-state index in [4.69, 9.17) is 22.1 Å². The Kier molecular flexibility index (Phi) is 3.77. The quantitative estimate of drug-likeness (QED) is 0.831. The fraction of sp³-hybridized carbons (Fsp3) is 0.300. The van der Waals surface area contributed by atoms with Crippen LogP contribution in [0.2, 0.25) is 5.02 Å². The van der Waals surface area contributed by atoms with E-state index in [1.165, 1.54) is 0 Å². The monoisotopic (exact) mass is 213 g/mol. The summed E-state index contributed by atoms with van der Waals surface area (Å²) < 4.78 is 5.27. The number of benzene rings is 1. The van der Waals surface area contributed by atoms with Gasteiger partial charge in [-0.15, -0.1) is 0 Å². The van der Waals surface area contributed by atoms with E-state index in [0.717, 1.165) is 5.56 Å². The molecule has 0 spiro atoms. The topological polar surface area (TPSA) is 52.3 Å². The molecule has 0 atom stereocenters. The first-order valence-corrected chi connectivity index (χ1v) is 4.64. The first kappa shape index (κ1) is 10.9. The van der Waals surface area contributed by atoms with Crippen LogP contribution in [0.3, 0.4) is 0 Å². The zero-order valence-electron chi connectivity index (χ0n) is 7.92. The molecule has 3 nitrogen and oxygen atoms in total. The molecule has 14 heavy (non-hydrogen) atoms. The van der Waals surface area contributed by atoms with Gasteiger partial charge in [0.1, 0.15) is 5.75 Å². The van der Waals surface area contributed by atoms with Gasteiger partial charge in [-0.2, -0.15) is 0 Å². The molecule has 1 aromatic carbocycles. The minimum absolute atomic E-state index is 0.199. The molecule has 2 N–H and O–H groups in total. The van der Waals surface area contributed by atoms with Gasteiger partial charge in [0.15, 0.2) is 0 Å². The molecule has 0 aliphatic heterocycles. The molecule has 0 aliphatic carbocycles. The SMILES string of the molecule is Cc1ccc(OCCC(N)=O)c(Cl)c1. The maximum atomic E-state index is 10.4. The van der Waals surface area contributed by atoms with Crippen LogP contribution in [0.5, 0.6) is 5.75 Å². The van der Waals surface area contributed by atoms with Gasteiger partial charge in [0, 0.05) is 0 Å². The predicted octanol–water partition coefficient (Wildman–Crippen LogP) is 1.90. The molecule has 1 rings (SSSR count). The Hall–Kier alpha value is -1.22. The summed E-state index contributed by atoms with van der Waals surface area (Å²) in [6.45, 7) is 2.21. The molecule has 4 heteroatoms. The molecule has 0 fully saturated rings. The lowest BCUT2D eigenvalue weighted by Crippen LogP contribution is -2.14. The summed E-state index contributed by atoms with van der Waals surface area (Å²) in [6.07, 6.45) is 0.199. The second-order valence-corrected chi connectivity index (χ2v) is 3.41. The van der Waals surface area contributed by atoms with E-state index in [1.54, 1.807) is 12.1 Å². The van der Waals surface area contributed by atoms with Crippen molar-refractivity contribution in [3.8, 4) is 5.75 Å². The van der Waals surface area contributed by atoms with E-state index in [-0.39, 0.29) is 18.9 Å². The van der Waals surface area contributed by atoms with E-state index in [1.807, 2.05) is 13.0 Å². The van der Waals surface area contributed by atoms with Crippen molar-refractivity contribution in [1.82, 2.24) is 0 Å². The molecule has 0 saturated heterocycles. The Morgan fingerprint density at radius 1 is 1.57 bits per heavy atom. The third-order valence-electron chi connectivity index (χ3n) is 1.69. The van der Waals surface area contributed by atoms with Gasteiger partial charge in [0.2, 0.25) is 5.91 Å². The number of hydrogen-bond acceptors (Lipinski definition) is 2. The second-order valence-electron chi connectivity index (χ2n) is 3.00. The molecule has 0 aromatic heterocycles. The Morgan fingerprint density at radius 3 is 2.86 bits per heavy atom. The first-order chi connectivity index (χ1) is 6.59. The number of primary amides is 1. The van der Waals surface area contributed by atoms with Crippen LogP contribution < -0.4 is 10.5 Å². The van der Waals surface area contributed by atoms with Gasteiger partial charge in [-0.05, 0) is 24.6 Å². The number of nitrogens with two attached hydrogens (primary N) is 1. The van der Waals surface area contributed by atoms with Crippen LogP contribution in [-0.2, 0) is 4.79 Å². The van der Waals surface area contributed by atoms with Crippen LogP contribution in [0.15, 0.2) is 18.2 Å². The average Bonchev–Trinajstić information content (AvgIpc) is 2.08. The lowest BCUT2D eigenvalue weighted by molar-refractivity contribution is -0.118. The molecule has 1 aromatic rings. The number of hydrogen-bond donors (Lipinski definition) is 1. The van der Waals surface area contributed by atoms with Crippen molar-refractivity contribution in [2.24, 2.45) is 5.73 Å². The van der Waals surface area contributed by atoms with Crippen molar-refractivity contribution in [2.75, 3.05) is 6.61 Å². The molecule has 76 valence electrons. The highest BCUT2D eigenvalue weighted by Gasteiger charge is 2.02. The predicted molar refractivity (Wildman–Crippen MR) is 55.5 cm³/mol. The van der Waals surface area contributed by atoms with Crippen molar-refractivity contribution in [1.29, 1.82) is 0 Å². The maximum absolute atomic E-state index is 10.4. The highest BCUT2D eigenvalue weighted by molar-refractivity contribution is 6.32. The first-order valence-electron chi connectivity index (χ1n) is 4.27. The summed E-state index contributed by atoms with van der Waals surface area (Å²) in [6, 6.07) is 5.48. The van der Waals surface area contributed by atoms with Gasteiger partial charge in [0.25, 0.3) is 0 Å². The van der Waals surface area contributed by atoms with Crippen molar-refractivity contribution in [2.45, 2.75) is 13.3 Å². The number of aryl methyl sites for hydroxylation is 1. The van der Waals surface area contributed by atoms with Gasteiger partial charge in [0.05, 0.1) is 18.1 Å². The lowest BCUT2D eigenvalue weighted by Gasteiger charge is -2.06. The number of rotatable bonds is 4. The molecular weight excluding hydrogens is 202 g/mol. The number of carbonyl (C=O) groups is 1. The van der Waals surface area contributed by atoms with E-state index >= 15 is 0 Å². The van der Waals surface area contributed by atoms with Gasteiger partial charge < -0.3 is 10.5 Å². The van der Waals surface area contributed by atoms with E-state index in [9.17, 15) is 4.79 Å². The van der Waals surface area contributed by atoms with Gasteiger partial charge in [-0.1, -0.05) is 17.7 Å². The molecule has 0 radical (unpaired) electrons. The molecular formula is C10H12ClNO2. The fourth-order valence-electron chi connectivity index (χ4n) is 0.985. The van der Waals surface area contributed by atoms with Crippen LogP contribution in [0.4, 0.5) is 0 Å². The van der Waals surface area contributed by atoms with Gasteiger partial charge in [-0.25, -0.2) is 0 Å². The Balaban J connectivity index is 2.55. The summed E-state index contributed by atoms with van der Waals surface area (Å²) in [7, 11) is 0. The number of carbonyl (C=O) groups excluding carboxylic acids is 1. The second kappa shape index (κ2) is 4.86. The Morgan fingerprint density at radius 2 is 2.29 bits per heavy atom. The Labute approximate surface area is 87.8 Å². The average molecular weight is 214 g/mol. The third kappa shape index (κ3) is 3.26. The molecule has 0 bridgehead atoms. The summed E-state index contributed by atoms with van der Waals surface area (Å²) in [5.41, 5.74) is 6.03. The van der Waals surface area contributed by atoms with Crippen LogP contribution in [0.1, 0.15) is 12.0 Å². The molecule has 0 saturated carbocycles. The third-order valence-corrected chi connectivity index (χ3v) is 1.99. The molecule has 0 unspecified atom stereocenters. The minimum Gasteiger partial charge on any atom is -0.491 e. The number of ether oxygens (including phenoxy) is 1. The van der Waals surface area contributed by atoms with E-state index in [0.29, 0.717) is 10.8 Å². The minimum atomic E-state index is -0.381. The van der Waals surface area contributed by atoms with E-state index < -0.39 is 0 Å². The largest absolute Gasteiger partial charge is 0.491 e. The summed E-state index contributed by atoms with van der Waals surface area (Å²) in [5.74, 6) is 0.201. The Bertz CT molecular complexity index is 339. The zero-order chi connectivity index (χ0) is 10.6. The molecule has 0 aliphatic rings. The van der Waals surface area contributed by atoms with Crippen molar-refractivity contribution >= 4 is 17.5 Å². The number of halogens is 1. The summed E-state index contributed by atoms with van der Waals surface area (Å²) in [5, 5.41) is 0.550. The summed E-state index contributed by atoms with van der Waals surface area (Å²) in [4.78, 5) is 10.4. The lowest BCUT2D eigenvalue weighted by atomic mass is 10.2. The zero-order valence-corrected chi connectivity index (χ0v) is 8.67. The van der Waals surface area contributed by atoms with Crippen LogP contribution in [-0.4, -0.2) is 12.5 Å². The molecule has 0 heterocycles. The molecule has 1 amide bonds. The summed E-state index contributed by atoms with van der Waals surface area (Å²) >= 11 is 5.90. The highest BCUT2D eigenvalue weighted by Crippen LogP contribution is 2.24. The van der Waals surface area contributed by atoms with Gasteiger partial charge >= 0.3 is 0 Å². The fourth-order valence-corrected chi connectivity index (χ4v) is 1.27. The van der Waals surface area contributed by atoms with Crippen molar-refractivity contribution < 1.29 is 9.53 Å². The normalized spacial score (nSPS) is 9.86. The van der Waals surface area contributed by atoms with Crippen molar-refractivity contribution in [3.63, 3.8) is 0 Å². The van der Waals surface area contributed by atoms with E-state index in [2.05, 4.69) is 0 Å². The number of amides is 1. The van der Waals surface area contributed by atoms with Crippen LogP contribution in [0.25, 0.3) is 0 Å². The van der Waals surface area contributed by atoms with Gasteiger partial charge in [-0.3, -0.25) is 4.79 Å². The smallest absolute Gasteiger partial charge is 0.220 e. The highest BCUT2D eigenvalue weighted by atomic mass is 35.5. The van der Waals surface area contributed by atoms with Crippen LogP contribution >= 0.6 is 11.6 Å².